The van der Waals surface area contributed by atoms with Crippen LogP contribution in [0.1, 0.15) is 36.1 Å². The zero-order valence-electron chi connectivity index (χ0n) is 12.1. The van der Waals surface area contributed by atoms with E-state index in [1.54, 1.807) is 0 Å². The lowest BCUT2D eigenvalue weighted by Gasteiger charge is -2.21. The minimum absolute atomic E-state index is 0.00243. The molecular weight excluding hydrogens is 224 g/mol. The van der Waals surface area contributed by atoms with Crippen molar-refractivity contribution in [2.45, 2.75) is 41.2 Å². The smallest absolute Gasteiger partial charge is 0.227 e. The molecule has 0 aliphatic carbocycles. The van der Waals surface area contributed by atoms with Gasteiger partial charge in [0.15, 0.2) is 0 Å². The summed E-state index contributed by atoms with van der Waals surface area (Å²) in [6.07, 6.45) is 0. The van der Waals surface area contributed by atoms with Crippen LogP contribution in [-0.4, -0.2) is 12.5 Å². The second-order valence-electron chi connectivity index (χ2n) is 5.63. The van der Waals surface area contributed by atoms with E-state index in [-0.39, 0.29) is 5.91 Å². The number of hydrogen-bond donors (Lipinski definition) is 2. The van der Waals surface area contributed by atoms with Gasteiger partial charge in [0.1, 0.15) is 0 Å². The molecule has 0 aliphatic heterocycles. The molecule has 0 heterocycles. The van der Waals surface area contributed by atoms with Crippen LogP contribution in [0.25, 0.3) is 0 Å². The number of carbonyl (C=O) groups is 1. The first-order valence-electron chi connectivity index (χ1n) is 6.33. The molecule has 18 heavy (non-hydrogen) atoms. The van der Waals surface area contributed by atoms with Crippen molar-refractivity contribution in [3.63, 3.8) is 0 Å². The number of nitrogens with two attached hydrogens (primary N) is 1. The third kappa shape index (κ3) is 3.33. The Hall–Kier alpha value is -1.35. The van der Waals surface area contributed by atoms with E-state index in [0.29, 0.717) is 13.1 Å². The maximum absolute atomic E-state index is 11.9. The molecule has 0 unspecified atom stereocenters. The van der Waals surface area contributed by atoms with Gasteiger partial charge in [-0.25, -0.2) is 0 Å². The Balaban J connectivity index is 2.76. The van der Waals surface area contributed by atoms with Gasteiger partial charge in [0.2, 0.25) is 5.91 Å². The van der Waals surface area contributed by atoms with Crippen molar-refractivity contribution in [2.75, 3.05) is 6.54 Å². The predicted octanol–water partition coefficient (Wildman–Crippen LogP) is 2.21. The Bertz CT molecular complexity index is 450. The van der Waals surface area contributed by atoms with Gasteiger partial charge in [0, 0.05) is 13.1 Å². The molecule has 3 heteroatoms. The quantitative estimate of drug-likeness (QED) is 0.858. The van der Waals surface area contributed by atoms with Crippen LogP contribution >= 0.6 is 0 Å². The van der Waals surface area contributed by atoms with Gasteiger partial charge in [-0.05, 0) is 56.9 Å². The van der Waals surface area contributed by atoms with Crippen LogP contribution in [0.5, 0.6) is 0 Å². The lowest BCUT2D eigenvalue weighted by atomic mass is 9.92. The maximum Gasteiger partial charge on any atom is 0.227 e. The number of carbonyl (C=O) groups excluding carboxylic acids is 1. The number of hydrogen-bond acceptors (Lipinski definition) is 2. The molecule has 0 bridgehead atoms. The monoisotopic (exact) mass is 248 g/mol. The fraction of sp³-hybridized carbons (Fsp3) is 0.533. The number of aryl methyl sites for hydroxylation is 3. The first kappa shape index (κ1) is 14.7. The Morgan fingerprint density at radius 1 is 1.17 bits per heavy atom. The highest BCUT2D eigenvalue weighted by Crippen LogP contribution is 2.16. The summed E-state index contributed by atoms with van der Waals surface area (Å²) >= 11 is 0. The van der Waals surface area contributed by atoms with Gasteiger partial charge in [0.25, 0.3) is 0 Å². The average molecular weight is 248 g/mol. The predicted molar refractivity (Wildman–Crippen MR) is 75.3 cm³/mol. The largest absolute Gasteiger partial charge is 0.352 e. The Kier molecular flexibility index (Phi) is 4.52. The lowest BCUT2D eigenvalue weighted by molar-refractivity contribution is -0.129. The van der Waals surface area contributed by atoms with E-state index in [0.717, 1.165) is 0 Å². The summed E-state index contributed by atoms with van der Waals surface area (Å²) < 4.78 is 0. The normalized spacial score (nSPS) is 11.4. The third-order valence-corrected chi connectivity index (χ3v) is 3.52. The molecule has 3 N–H and O–H groups in total. The number of benzene rings is 1. The summed E-state index contributed by atoms with van der Waals surface area (Å²) in [5, 5.41) is 2.96. The van der Waals surface area contributed by atoms with E-state index >= 15 is 0 Å². The molecule has 3 nitrogen and oxygen atoms in total. The summed E-state index contributed by atoms with van der Waals surface area (Å²) in [6.45, 7) is 10.9. The Morgan fingerprint density at radius 3 is 2.28 bits per heavy atom. The standard InChI is InChI=1S/C15H24N2O/c1-10-6-12(3)13(7-11(10)2)8-17-14(18)15(4,5)9-16/h6-7H,8-9,16H2,1-5H3,(H,17,18). The van der Waals surface area contributed by atoms with Gasteiger partial charge >= 0.3 is 0 Å². The minimum atomic E-state index is -0.506. The molecular formula is C15H24N2O. The van der Waals surface area contributed by atoms with Crippen molar-refractivity contribution in [1.29, 1.82) is 0 Å². The van der Waals surface area contributed by atoms with Gasteiger partial charge in [-0.15, -0.1) is 0 Å². The van der Waals surface area contributed by atoms with E-state index < -0.39 is 5.41 Å². The fourth-order valence-electron chi connectivity index (χ4n) is 1.72. The molecule has 100 valence electrons. The van der Waals surface area contributed by atoms with Gasteiger partial charge in [-0.3, -0.25) is 4.79 Å². The maximum atomic E-state index is 11.9. The molecule has 1 amide bonds. The number of amides is 1. The number of rotatable bonds is 4. The third-order valence-electron chi connectivity index (χ3n) is 3.52. The van der Waals surface area contributed by atoms with Crippen molar-refractivity contribution in [3.8, 4) is 0 Å². The fourth-order valence-corrected chi connectivity index (χ4v) is 1.72. The summed E-state index contributed by atoms with van der Waals surface area (Å²) in [5.74, 6) is 0.00243. The summed E-state index contributed by atoms with van der Waals surface area (Å²) in [4.78, 5) is 11.9. The van der Waals surface area contributed by atoms with Gasteiger partial charge in [-0.1, -0.05) is 12.1 Å². The first-order valence-corrected chi connectivity index (χ1v) is 6.33. The second-order valence-corrected chi connectivity index (χ2v) is 5.63. The number of nitrogens with one attached hydrogen (secondary N) is 1. The van der Waals surface area contributed by atoms with E-state index in [4.69, 9.17) is 5.73 Å². The topological polar surface area (TPSA) is 55.1 Å². The van der Waals surface area contributed by atoms with E-state index in [2.05, 4.69) is 38.2 Å². The van der Waals surface area contributed by atoms with Crippen LogP contribution in [0.3, 0.4) is 0 Å². The van der Waals surface area contributed by atoms with Crippen molar-refractivity contribution < 1.29 is 4.79 Å². The summed E-state index contributed by atoms with van der Waals surface area (Å²) in [5.41, 5.74) is 10.00. The summed E-state index contributed by atoms with van der Waals surface area (Å²) in [7, 11) is 0. The molecule has 0 atom stereocenters. The van der Waals surface area contributed by atoms with Gasteiger partial charge in [-0.2, -0.15) is 0 Å². The summed E-state index contributed by atoms with van der Waals surface area (Å²) in [6, 6.07) is 4.30. The Morgan fingerprint density at radius 2 is 1.72 bits per heavy atom. The van der Waals surface area contributed by atoms with Crippen LogP contribution in [0.2, 0.25) is 0 Å². The SMILES string of the molecule is Cc1cc(C)c(CNC(=O)C(C)(C)CN)cc1C. The molecule has 0 fully saturated rings. The Labute approximate surface area is 110 Å². The second kappa shape index (κ2) is 5.53. The minimum Gasteiger partial charge on any atom is -0.352 e. The van der Waals surface area contributed by atoms with Crippen molar-refractivity contribution in [1.82, 2.24) is 5.32 Å². The van der Waals surface area contributed by atoms with Crippen LogP contribution < -0.4 is 11.1 Å². The van der Waals surface area contributed by atoms with Crippen LogP contribution in [0.4, 0.5) is 0 Å². The molecule has 0 saturated heterocycles. The van der Waals surface area contributed by atoms with Gasteiger partial charge in [0.05, 0.1) is 5.41 Å². The van der Waals surface area contributed by atoms with E-state index in [1.165, 1.54) is 22.3 Å². The molecule has 0 radical (unpaired) electrons. The molecule has 0 aliphatic rings. The molecule has 0 aromatic heterocycles. The zero-order valence-corrected chi connectivity index (χ0v) is 12.1. The first-order chi connectivity index (χ1) is 8.27. The van der Waals surface area contributed by atoms with Crippen molar-refractivity contribution in [2.24, 2.45) is 11.1 Å². The molecule has 1 rings (SSSR count). The van der Waals surface area contributed by atoms with Crippen LogP contribution in [0, 0.1) is 26.2 Å². The average Bonchev–Trinajstić information content (AvgIpc) is 2.31. The molecule has 1 aromatic carbocycles. The van der Waals surface area contributed by atoms with Crippen LogP contribution in [0.15, 0.2) is 12.1 Å². The highest BCUT2D eigenvalue weighted by molar-refractivity contribution is 5.82. The van der Waals surface area contributed by atoms with Crippen molar-refractivity contribution in [3.05, 3.63) is 34.4 Å². The van der Waals surface area contributed by atoms with Gasteiger partial charge < -0.3 is 11.1 Å². The highest BCUT2D eigenvalue weighted by atomic mass is 16.2. The van der Waals surface area contributed by atoms with E-state index in [9.17, 15) is 4.79 Å². The van der Waals surface area contributed by atoms with Crippen molar-refractivity contribution >= 4 is 5.91 Å². The molecule has 0 saturated carbocycles. The highest BCUT2D eigenvalue weighted by Gasteiger charge is 2.25. The molecule has 0 spiro atoms. The van der Waals surface area contributed by atoms with E-state index in [1.807, 2.05) is 13.8 Å². The lowest BCUT2D eigenvalue weighted by Crippen LogP contribution is -2.41. The van der Waals surface area contributed by atoms with Crippen LogP contribution in [-0.2, 0) is 11.3 Å². The zero-order chi connectivity index (χ0) is 13.9. The molecule has 1 aromatic rings.